The molecule has 1 aromatic heterocycles. The number of halogens is 1. The average molecular weight is 336 g/mol. The molecule has 0 saturated carbocycles. The Kier molecular flexibility index (Phi) is 6.86. The molecule has 0 aliphatic rings. The number of pyridine rings is 1. The summed E-state index contributed by atoms with van der Waals surface area (Å²) in [6.07, 6.45) is 1.31. The van der Waals surface area contributed by atoms with Crippen molar-refractivity contribution in [3.05, 3.63) is 17.3 Å². The van der Waals surface area contributed by atoms with Crippen molar-refractivity contribution >= 4 is 27.4 Å². The summed E-state index contributed by atoms with van der Waals surface area (Å²) in [6.45, 7) is 4.97. The van der Waals surface area contributed by atoms with E-state index in [4.69, 9.17) is 16.3 Å². The number of rotatable bonds is 8. The molecule has 0 atom stereocenters. The number of methoxy groups -OCH3 is 1. The Labute approximate surface area is 131 Å². The molecule has 120 valence electrons. The molecule has 0 radical (unpaired) electrons. The summed E-state index contributed by atoms with van der Waals surface area (Å²) in [5.74, 6) is 0.652. The van der Waals surface area contributed by atoms with Crippen molar-refractivity contribution in [2.75, 3.05) is 39.2 Å². The first kappa shape index (κ1) is 18.2. The van der Waals surface area contributed by atoms with E-state index >= 15 is 0 Å². The van der Waals surface area contributed by atoms with E-state index in [1.54, 1.807) is 14.2 Å². The monoisotopic (exact) mass is 335 g/mol. The van der Waals surface area contributed by atoms with Crippen molar-refractivity contribution in [1.29, 1.82) is 0 Å². The minimum absolute atomic E-state index is 0.0863. The minimum Gasteiger partial charge on any atom is -0.383 e. The van der Waals surface area contributed by atoms with E-state index in [1.807, 2.05) is 13.8 Å². The Morgan fingerprint density at radius 3 is 2.62 bits per heavy atom. The lowest BCUT2D eigenvalue weighted by molar-refractivity contribution is 0.175. The van der Waals surface area contributed by atoms with Gasteiger partial charge in [-0.3, -0.25) is 0 Å². The van der Waals surface area contributed by atoms with Crippen LogP contribution in [0.4, 0.5) is 5.82 Å². The van der Waals surface area contributed by atoms with E-state index in [1.165, 1.54) is 16.6 Å². The second-order valence-corrected chi connectivity index (χ2v) is 7.35. The molecule has 0 spiro atoms. The highest BCUT2D eigenvalue weighted by molar-refractivity contribution is 7.89. The van der Waals surface area contributed by atoms with Gasteiger partial charge in [0, 0.05) is 33.4 Å². The van der Waals surface area contributed by atoms with E-state index in [-0.39, 0.29) is 15.8 Å². The lowest BCUT2D eigenvalue weighted by Gasteiger charge is -2.23. The van der Waals surface area contributed by atoms with Crippen LogP contribution in [0, 0.1) is 5.92 Å². The number of sulfonamides is 1. The van der Waals surface area contributed by atoms with Gasteiger partial charge in [-0.1, -0.05) is 25.4 Å². The van der Waals surface area contributed by atoms with Crippen molar-refractivity contribution in [2.24, 2.45) is 5.92 Å². The first-order chi connectivity index (χ1) is 9.82. The van der Waals surface area contributed by atoms with Gasteiger partial charge in [0.15, 0.2) is 0 Å². The van der Waals surface area contributed by atoms with Crippen LogP contribution in [0.1, 0.15) is 13.8 Å². The van der Waals surface area contributed by atoms with Crippen LogP contribution in [-0.4, -0.2) is 51.6 Å². The van der Waals surface area contributed by atoms with Crippen LogP contribution in [0.3, 0.4) is 0 Å². The maximum absolute atomic E-state index is 12.7. The molecular formula is C13H22ClN3O3S. The van der Waals surface area contributed by atoms with Crippen LogP contribution < -0.4 is 5.32 Å². The van der Waals surface area contributed by atoms with Crippen molar-refractivity contribution in [1.82, 2.24) is 9.29 Å². The molecule has 6 nitrogen and oxygen atoms in total. The van der Waals surface area contributed by atoms with Gasteiger partial charge in [-0.15, -0.1) is 0 Å². The molecule has 0 aromatic carbocycles. The van der Waals surface area contributed by atoms with Crippen molar-refractivity contribution in [2.45, 2.75) is 18.7 Å². The molecule has 0 saturated heterocycles. The third kappa shape index (κ3) is 4.81. The highest BCUT2D eigenvalue weighted by Crippen LogP contribution is 2.24. The van der Waals surface area contributed by atoms with Crippen LogP contribution in [0.25, 0.3) is 0 Å². The Balaban J connectivity index is 3.12. The first-order valence-corrected chi connectivity index (χ1v) is 8.47. The summed E-state index contributed by atoms with van der Waals surface area (Å²) in [5.41, 5.74) is 0. The predicted octanol–water partition coefficient (Wildman–Crippen LogP) is 2.07. The van der Waals surface area contributed by atoms with Crippen molar-refractivity contribution < 1.29 is 13.2 Å². The lowest BCUT2D eigenvalue weighted by atomic mass is 10.2. The van der Waals surface area contributed by atoms with Crippen LogP contribution >= 0.6 is 11.6 Å². The van der Waals surface area contributed by atoms with Gasteiger partial charge in [0.2, 0.25) is 10.0 Å². The standard InChI is InChI=1S/C13H22ClN3O3S/c1-10(2)9-17(5-6-20-4)21(18,19)11-7-12(14)13(15-3)16-8-11/h7-8,10H,5-6,9H2,1-4H3,(H,15,16). The third-order valence-corrected chi connectivity index (χ3v) is 4.92. The summed E-state index contributed by atoms with van der Waals surface area (Å²) in [4.78, 5) is 4.11. The fraction of sp³-hybridized carbons (Fsp3) is 0.615. The Hall–Kier alpha value is -0.890. The topological polar surface area (TPSA) is 71.5 Å². The van der Waals surface area contributed by atoms with E-state index in [0.717, 1.165) is 0 Å². The molecule has 0 aliphatic heterocycles. The van der Waals surface area contributed by atoms with Gasteiger partial charge in [0.05, 0.1) is 11.6 Å². The SMILES string of the molecule is CNc1ncc(S(=O)(=O)N(CCOC)CC(C)C)cc1Cl. The molecule has 8 heteroatoms. The fourth-order valence-electron chi connectivity index (χ4n) is 1.80. The molecule has 0 amide bonds. The molecule has 1 N–H and O–H groups in total. The minimum atomic E-state index is -3.64. The van der Waals surface area contributed by atoms with E-state index in [9.17, 15) is 8.42 Å². The largest absolute Gasteiger partial charge is 0.383 e. The van der Waals surface area contributed by atoms with Crippen molar-refractivity contribution in [3.63, 3.8) is 0 Å². The summed E-state index contributed by atoms with van der Waals surface area (Å²) < 4.78 is 31.7. The molecule has 0 fully saturated rings. The van der Waals surface area contributed by atoms with Gasteiger partial charge in [-0.25, -0.2) is 13.4 Å². The number of hydrogen-bond donors (Lipinski definition) is 1. The van der Waals surface area contributed by atoms with E-state index < -0.39 is 10.0 Å². The lowest BCUT2D eigenvalue weighted by Crippen LogP contribution is -2.36. The fourth-order valence-corrected chi connectivity index (χ4v) is 3.69. The average Bonchev–Trinajstić information content (AvgIpc) is 2.42. The number of nitrogens with zero attached hydrogens (tertiary/aromatic N) is 2. The second kappa shape index (κ2) is 7.93. The van der Waals surface area contributed by atoms with E-state index in [0.29, 0.717) is 25.5 Å². The highest BCUT2D eigenvalue weighted by Gasteiger charge is 2.26. The van der Waals surface area contributed by atoms with Crippen LogP contribution in [0.2, 0.25) is 5.02 Å². The summed E-state index contributed by atoms with van der Waals surface area (Å²) in [5, 5.41) is 3.07. The van der Waals surface area contributed by atoms with Gasteiger partial charge >= 0.3 is 0 Å². The van der Waals surface area contributed by atoms with Crippen molar-refractivity contribution in [3.8, 4) is 0 Å². The quantitative estimate of drug-likeness (QED) is 0.787. The van der Waals surface area contributed by atoms with E-state index in [2.05, 4.69) is 10.3 Å². The number of hydrogen-bond acceptors (Lipinski definition) is 5. The second-order valence-electron chi connectivity index (χ2n) is 5.00. The van der Waals surface area contributed by atoms with Gasteiger partial charge in [0.1, 0.15) is 10.7 Å². The Bertz CT molecular complexity index is 564. The van der Waals surface area contributed by atoms with Crippen LogP contribution in [0.5, 0.6) is 0 Å². The first-order valence-electron chi connectivity index (χ1n) is 6.65. The molecule has 0 aliphatic carbocycles. The van der Waals surface area contributed by atoms with Gasteiger partial charge in [-0.2, -0.15) is 4.31 Å². The smallest absolute Gasteiger partial charge is 0.244 e. The summed E-state index contributed by atoms with van der Waals surface area (Å²) in [7, 11) is -0.423. The number of ether oxygens (including phenoxy) is 1. The molecule has 1 heterocycles. The van der Waals surface area contributed by atoms with Gasteiger partial charge in [0.25, 0.3) is 0 Å². The molecule has 0 unspecified atom stereocenters. The number of nitrogens with one attached hydrogen (secondary N) is 1. The summed E-state index contributed by atoms with van der Waals surface area (Å²) >= 11 is 6.02. The molecule has 0 bridgehead atoms. The van der Waals surface area contributed by atoms with Gasteiger partial charge < -0.3 is 10.1 Å². The maximum atomic E-state index is 12.7. The number of aromatic nitrogens is 1. The highest BCUT2D eigenvalue weighted by atomic mass is 35.5. The maximum Gasteiger partial charge on any atom is 0.244 e. The Morgan fingerprint density at radius 2 is 2.14 bits per heavy atom. The predicted molar refractivity (Wildman–Crippen MR) is 84.3 cm³/mol. The Morgan fingerprint density at radius 1 is 1.48 bits per heavy atom. The molecule has 21 heavy (non-hydrogen) atoms. The van der Waals surface area contributed by atoms with Crippen LogP contribution in [0.15, 0.2) is 17.2 Å². The summed E-state index contributed by atoms with van der Waals surface area (Å²) in [6, 6.07) is 1.41. The zero-order valence-corrected chi connectivity index (χ0v) is 14.3. The molecule has 1 aromatic rings. The number of anilines is 1. The van der Waals surface area contributed by atoms with Crippen LogP contribution in [-0.2, 0) is 14.8 Å². The zero-order valence-electron chi connectivity index (χ0n) is 12.8. The third-order valence-electron chi connectivity index (χ3n) is 2.80. The van der Waals surface area contributed by atoms with Gasteiger partial charge in [-0.05, 0) is 12.0 Å². The zero-order chi connectivity index (χ0) is 16.0. The molecule has 1 rings (SSSR count). The normalized spacial score (nSPS) is 12.1. The molecular weight excluding hydrogens is 314 g/mol.